The third-order valence-corrected chi connectivity index (χ3v) is 6.78. The van der Waals surface area contributed by atoms with Crippen LogP contribution >= 0.6 is 0 Å². The predicted octanol–water partition coefficient (Wildman–Crippen LogP) is 3.89. The summed E-state index contributed by atoms with van der Waals surface area (Å²) in [4.78, 5) is 12.7. The Bertz CT molecular complexity index is 1390. The van der Waals surface area contributed by atoms with Crippen molar-refractivity contribution in [1.29, 1.82) is 0 Å². The van der Waals surface area contributed by atoms with E-state index in [2.05, 4.69) is 29.9 Å². The molecule has 0 amide bonds. The van der Waals surface area contributed by atoms with Crippen LogP contribution in [0.1, 0.15) is 24.4 Å². The van der Waals surface area contributed by atoms with Crippen LogP contribution in [0.5, 0.6) is 11.5 Å². The lowest BCUT2D eigenvalue weighted by Crippen LogP contribution is -2.28. The number of para-hydroxylation sites is 1. The zero-order valence-corrected chi connectivity index (χ0v) is 21.7. The van der Waals surface area contributed by atoms with Crippen LogP contribution in [0.4, 0.5) is 14.7 Å². The fourth-order valence-electron chi connectivity index (χ4n) is 3.67. The second-order valence-electron chi connectivity index (χ2n) is 7.99. The molecule has 4 aromatic rings. The van der Waals surface area contributed by atoms with E-state index in [1.807, 2.05) is 6.92 Å². The van der Waals surface area contributed by atoms with Crippen LogP contribution in [-0.4, -0.2) is 60.0 Å². The number of halogens is 2. The summed E-state index contributed by atoms with van der Waals surface area (Å²) in [6.07, 6.45) is 5.66. The molecule has 0 saturated carbocycles. The smallest absolute Gasteiger partial charge is 0.387 e. The maximum Gasteiger partial charge on any atom is 0.387 e. The number of hydrogen-bond acceptors (Lipinski definition) is 9. The fraction of sp³-hybridized carbons (Fsp3) is 0.292. The maximum atomic E-state index is 13.5. The monoisotopic (exact) mass is 545 g/mol. The molecule has 3 atom stereocenters. The van der Waals surface area contributed by atoms with Crippen molar-refractivity contribution in [3.8, 4) is 28.6 Å². The van der Waals surface area contributed by atoms with Crippen molar-refractivity contribution >= 4 is 16.9 Å². The first kappa shape index (κ1) is 27.0. The van der Waals surface area contributed by atoms with Crippen molar-refractivity contribution < 1.29 is 27.2 Å². The van der Waals surface area contributed by atoms with Crippen molar-refractivity contribution in [2.75, 3.05) is 18.9 Å². The number of hydrogen-bond donors (Lipinski definition) is 1. The number of nitrogens with one attached hydrogen (secondary N) is 1. The van der Waals surface area contributed by atoms with Gasteiger partial charge in [0.25, 0.3) is 0 Å². The van der Waals surface area contributed by atoms with E-state index in [-0.39, 0.29) is 29.0 Å². The van der Waals surface area contributed by atoms with Gasteiger partial charge in [-0.15, -0.1) is 10.2 Å². The molecule has 0 aliphatic rings. The van der Waals surface area contributed by atoms with Gasteiger partial charge in [-0.1, -0.05) is 6.07 Å². The Morgan fingerprint density at radius 2 is 1.76 bits per heavy atom. The molecule has 0 radical (unpaired) electrons. The van der Waals surface area contributed by atoms with Gasteiger partial charge in [-0.3, -0.25) is 14.3 Å². The van der Waals surface area contributed by atoms with Crippen LogP contribution in [-0.2, 0) is 15.7 Å². The van der Waals surface area contributed by atoms with Crippen molar-refractivity contribution in [3.63, 3.8) is 0 Å². The van der Waals surface area contributed by atoms with E-state index in [0.717, 1.165) is 5.56 Å². The number of methoxy groups -OCH3 is 2. The Balaban J connectivity index is 1.79. The van der Waals surface area contributed by atoms with Gasteiger partial charge in [-0.25, -0.2) is 14.2 Å². The SMILES string of the molecule is COc1cccc(OC(F)F)c1-n1c(NS(=O)C(C)C(OC)c2ncc(C)cn2)nnc1-c1cccnc1. The average molecular weight is 546 g/mol. The number of nitrogens with zero attached hydrogens (tertiary/aromatic N) is 6. The molecule has 14 heteroatoms. The van der Waals surface area contributed by atoms with E-state index in [1.165, 1.54) is 37.1 Å². The third-order valence-electron chi connectivity index (χ3n) is 5.47. The van der Waals surface area contributed by atoms with Crippen LogP contribution in [0.15, 0.2) is 55.1 Å². The zero-order valence-electron chi connectivity index (χ0n) is 20.9. The first-order valence-electron chi connectivity index (χ1n) is 11.3. The van der Waals surface area contributed by atoms with Gasteiger partial charge in [0.05, 0.1) is 12.4 Å². The normalized spacial score (nSPS) is 13.7. The number of ether oxygens (including phenoxy) is 3. The highest BCUT2D eigenvalue weighted by molar-refractivity contribution is 7.87. The molecule has 0 aliphatic carbocycles. The highest BCUT2D eigenvalue weighted by Crippen LogP contribution is 2.38. The number of rotatable bonds is 11. The van der Waals surface area contributed by atoms with Crippen molar-refractivity contribution in [2.24, 2.45) is 0 Å². The van der Waals surface area contributed by atoms with Crippen LogP contribution in [0.25, 0.3) is 17.1 Å². The highest BCUT2D eigenvalue weighted by atomic mass is 32.2. The minimum absolute atomic E-state index is 0.0164. The zero-order chi connectivity index (χ0) is 27.2. The van der Waals surface area contributed by atoms with E-state index in [4.69, 9.17) is 14.2 Å². The Kier molecular flexibility index (Phi) is 8.53. The maximum absolute atomic E-state index is 13.5. The number of benzene rings is 1. The molecule has 3 aromatic heterocycles. The Labute approximate surface area is 219 Å². The summed E-state index contributed by atoms with van der Waals surface area (Å²) >= 11 is 0. The van der Waals surface area contributed by atoms with Crippen LogP contribution in [0, 0.1) is 6.92 Å². The van der Waals surface area contributed by atoms with Gasteiger partial charge in [0, 0.05) is 37.5 Å². The molecule has 1 N–H and O–H groups in total. The van der Waals surface area contributed by atoms with Crippen LogP contribution in [0.3, 0.4) is 0 Å². The van der Waals surface area contributed by atoms with Gasteiger partial charge in [-0.2, -0.15) is 8.78 Å². The van der Waals surface area contributed by atoms with E-state index >= 15 is 0 Å². The molecular formula is C24H25F2N7O4S. The predicted molar refractivity (Wildman–Crippen MR) is 136 cm³/mol. The lowest BCUT2D eigenvalue weighted by molar-refractivity contribution is -0.0499. The molecular weight excluding hydrogens is 520 g/mol. The molecule has 0 fully saturated rings. The van der Waals surface area contributed by atoms with E-state index < -0.39 is 29.0 Å². The molecule has 0 bridgehead atoms. The Morgan fingerprint density at radius 1 is 1.03 bits per heavy atom. The highest BCUT2D eigenvalue weighted by Gasteiger charge is 2.30. The molecule has 3 unspecified atom stereocenters. The third kappa shape index (κ3) is 5.75. The summed E-state index contributed by atoms with van der Waals surface area (Å²) in [5, 5.41) is 7.73. The number of alkyl halides is 2. The van der Waals surface area contributed by atoms with Crippen molar-refractivity contribution in [1.82, 2.24) is 29.7 Å². The summed E-state index contributed by atoms with van der Waals surface area (Å²) in [7, 11) is 1.02. The van der Waals surface area contributed by atoms with Crippen molar-refractivity contribution in [3.05, 3.63) is 66.5 Å². The van der Waals surface area contributed by atoms with Gasteiger partial charge in [0.1, 0.15) is 28.5 Å². The van der Waals surface area contributed by atoms with Gasteiger partial charge >= 0.3 is 6.61 Å². The molecule has 3 heterocycles. The second kappa shape index (κ2) is 12.0. The molecule has 0 spiro atoms. The van der Waals surface area contributed by atoms with Gasteiger partial charge in [0.2, 0.25) is 5.95 Å². The minimum atomic E-state index is -3.11. The molecule has 200 valence electrons. The number of aromatic nitrogens is 6. The number of aryl methyl sites for hydroxylation is 1. The Hall–Kier alpha value is -4.04. The van der Waals surface area contributed by atoms with E-state index in [1.54, 1.807) is 43.7 Å². The fourth-order valence-corrected chi connectivity index (χ4v) is 4.63. The second-order valence-corrected chi connectivity index (χ2v) is 9.53. The molecule has 11 nitrogen and oxygen atoms in total. The molecule has 38 heavy (non-hydrogen) atoms. The summed E-state index contributed by atoms with van der Waals surface area (Å²) < 4.78 is 60.2. The Morgan fingerprint density at radius 3 is 2.39 bits per heavy atom. The summed E-state index contributed by atoms with van der Waals surface area (Å²) in [5.74, 6) is 0.554. The lowest BCUT2D eigenvalue weighted by atomic mass is 10.2. The lowest BCUT2D eigenvalue weighted by Gasteiger charge is -2.22. The van der Waals surface area contributed by atoms with Gasteiger partial charge in [0.15, 0.2) is 17.4 Å². The summed E-state index contributed by atoms with van der Waals surface area (Å²) in [6.45, 7) is 0.435. The molecule has 4 rings (SSSR count). The van der Waals surface area contributed by atoms with E-state index in [9.17, 15) is 13.0 Å². The van der Waals surface area contributed by atoms with Gasteiger partial charge in [-0.05, 0) is 43.7 Å². The topological polar surface area (TPSA) is 126 Å². The standard InChI is InChI=1S/C24H25F2N7O4S/c1-14-11-28-21(29-12-14)20(36-4)15(2)38(34)32-24-31-30-22(16-7-6-10-27-13-16)33(24)19-17(35-3)8-5-9-18(19)37-23(25)26/h5-13,15,20,23H,1-4H3,(H,31,32). The first-order valence-corrected chi connectivity index (χ1v) is 12.5. The summed E-state index contributed by atoms with van der Waals surface area (Å²) in [5.41, 5.74) is 1.46. The quantitative estimate of drug-likeness (QED) is 0.299. The van der Waals surface area contributed by atoms with Crippen LogP contribution in [0.2, 0.25) is 0 Å². The minimum Gasteiger partial charge on any atom is -0.494 e. The van der Waals surface area contributed by atoms with E-state index in [0.29, 0.717) is 11.4 Å². The number of pyridine rings is 1. The molecule has 1 aromatic carbocycles. The van der Waals surface area contributed by atoms with Crippen LogP contribution < -0.4 is 14.2 Å². The molecule has 0 aliphatic heterocycles. The largest absolute Gasteiger partial charge is 0.494 e. The van der Waals surface area contributed by atoms with Gasteiger partial charge < -0.3 is 14.2 Å². The molecule has 0 saturated heterocycles. The first-order chi connectivity index (χ1) is 18.3. The summed E-state index contributed by atoms with van der Waals surface area (Å²) in [6, 6.07) is 7.84. The average Bonchev–Trinajstić information content (AvgIpc) is 3.32. The van der Waals surface area contributed by atoms with Crippen molar-refractivity contribution in [2.45, 2.75) is 31.8 Å². The number of anilines is 1.